The van der Waals surface area contributed by atoms with Crippen molar-refractivity contribution in [3.63, 3.8) is 0 Å². The minimum Gasteiger partial charge on any atom is -0.379 e. The first-order chi connectivity index (χ1) is 8.31. The summed E-state index contributed by atoms with van der Waals surface area (Å²) in [5, 5.41) is 3.38. The van der Waals surface area contributed by atoms with Gasteiger partial charge in [-0.15, -0.1) is 11.3 Å². The standard InChI is InChI=1S/C12H18N2O2S/c1-2-3-14-11-7-16-6-10(11)12(15)4-9-5-13-8-17-9/h5,8,10-11,14H,2-4,6-7H2,1H3. The highest BCUT2D eigenvalue weighted by atomic mass is 32.1. The second-order valence-electron chi connectivity index (χ2n) is 4.32. The number of hydrogen-bond acceptors (Lipinski definition) is 5. The predicted molar refractivity (Wildman–Crippen MR) is 67.2 cm³/mol. The Morgan fingerprint density at radius 1 is 1.65 bits per heavy atom. The lowest BCUT2D eigenvalue weighted by atomic mass is 9.96. The molecule has 94 valence electrons. The van der Waals surface area contributed by atoms with Crippen LogP contribution in [0, 0.1) is 5.92 Å². The number of carbonyl (C=O) groups is 1. The molecule has 0 saturated carbocycles. The summed E-state index contributed by atoms with van der Waals surface area (Å²) in [5.74, 6) is 0.268. The third kappa shape index (κ3) is 3.34. The van der Waals surface area contributed by atoms with Gasteiger partial charge < -0.3 is 10.1 Å². The molecular weight excluding hydrogens is 236 g/mol. The zero-order chi connectivity index (χ0) is 12.1. The molecule has 5 heteroatoms. The van der Waals surface area contributed by atoms with Crippen LogP contribution in [0.3, 0.4) is 0 Å². The Kier molecular flexibility index (Phi) is 4.65. The highest BCUT2D eigenvalue weighted by Gasteiger charge is 2.33. The molecule has 17 heavy (non-hydrogen) atoms. The third-order valence-electron chi connectivity index (χ3n) is 2.98. The van der Waals surface area contributed by atoms with E-state index in [4.69, 9.17) is 4.74 Å². The molecule has 2 rings (SSSR count). The zero-order valence-corrected chi connectivity index (χ0v) is 10.8. The van der Waals surface area contributed by atoms with Gasteiger partial charge in [0.05, 0.1) is 24.6 Å². The van der Waals surface area contributed by atoms with E-state index in [1.165, 1.54) is 11.3 Å². The quantitative estimate of drug-likeness (QED) is 0.830. The van der Waals surface area contributed by atoms with Crippen molar-refractivity contribution in [1.29, 1.82) is 0 Å². The maximum atomic E-state index is 12.1. The maximum absolute atomic E-state index is 12.1. The van der Waals surface area contributed by atoms with Crippen LogP contribution in [0.1, 0.15) is 18.2 Å². The Bertz CT molecular complexity index is 353. The maximum Gasteiger partial charge on any atom is 0.145 e. The summed E-state index contributed by atoms with van der Waals surface area (Å²) in [7, 11) is 0. The van der Waals surface area contributed by atoms with E-state index >= 15 is 0 Å². The molecule has 0 radical (unpaired) electrons. The van der Waals surface area contributed by atoms with Crippen LogP contribution in [0.5, 0.6) is 0 Å². The van der Waals surface area contributed by atoms with Gasteiger partial charge in [-0.1, -0.05) is 6.92 Å². The van der Waals surface area contributed by atoms with Gasteiger partial charge in [-0.3, -0.25) is 9.78 Å². The largest absolute Gasteiger partial charge is 0.379 e. The van der Waals surface area contributed by atoms with Gasteiger partial charge in [0.1, 0.15) is 5.78 Å². The van der Waals surface area contributed by atoms with Crippen LogP contribution in [0.15, 0.2) is 11.7 Å². The fourth-order valence-electron chi connectivity index (χ4n) is 2.03. The molecular formula is C12H18N2O2S. The molecule has 0 amide bonds. The molecule has 1 saturated heterocycles. The topological polar surface area (TPSA) is 51.2 Å². The molecule has 1 aliphatic rings. The summed E-state index contributed by atoms with van der Waals surface area (Å²) < 4.78 is 5.41. The molecule has 2 atom stereocenters. The first-order valence-corrected chi connectivity index (χ1v) is 6.90. The first kappa shape index (κ1) is 12.7. The van der Waals surface area contributed by atoms with Crippen molar-refractivity contribution in [1.82, 2.24) is 10.3 Å². The molecule has 0 bridgehead atoms. The number of thiazole rings is 1. The Balaban J connectivity index is 1.89. The summed E-state index contributed by atoms with van der Waals surface area (Å²) >= 11 is 1.54. The van der Waals surface area contributed by atoms with Gasteiger partial charge in [0.15, 0.2) is 0 Å². The highest BCUT2D eigenvalue weighted by molar-refractivity contribution is 7.09. The van der Waals surface area contributed by atoms with E-state index in [1.54, 1.807) is 11.7 Å². The molecule has 4 nitrogen and oxygen atoms in total. The lowest BCUT2D eigenvalue weighted by Gasteiger charge is -2.17. The summed E-state index contributed by atoms with van der Waals surface area (Å²) in [6.07, 6.45) is 3.34. The molecule has 2 heterocycles. The second-order valence-corrected chi connectivity index (χ2v) is 5.29. The number of ether oxygens (including phenoxy) is 1. The smallest absolute Gasteiger partial charge is 0.145 e. The van der Waals surface area contributed by atoms with E-state index in [2.05, 4.69) is 17.2 Å². The number of ketones is 1. The summed E-state index contributed by atoms with van der Waals surface area (Å²) in [6.45, 7) is 4.27. The number of aromatic nitrogens is 1. The van der Waals surface area contributed by atoms with Crippen molar-refractivity contribution in [2.24, 2.45) is 5.92 Å². The van der Waals surface area contributed by atoms with Crippen molar-refractivity contribution < 1.29 is 9.53 Å². The van der Waals surface area contributed by atoms with Crippen molar-refractivity contribution in [3.05, 3.63) is 16.6 Å². The van der Waals surface area contributed by atoms with Crippen molar-refractivity contribution in [2.45, 2.75) is 25.8 Å². The molecule has 1 fully saturated rings. The van der Waals surface area contributed by atoms with Crippen LogP contribution >= 0.6 is 11.3 Å². The van der Waals surface area contributed by atoms with Crippen LogP contribution in [-0.4, -0.2) is 36.6 Å². The van der Waals surface area contributed by atoms with E-state index in [9.17, 15) is 4.79 Å². The van der Waals surface area contributed by atoms with Crippen LogP contribution in [0.25, 0.3) is 0 Å². The van der Waals surface area contributed by atoms with Gasteiger partial charge >= 0.3 is 0 Å². The number of nitrogens with one attached hydrogen (secondary N) is 1. The van der Waals surface area contributed by atoms with E-state index in [0.29, 0.717) is 19.6 Å². The molecule has 0 spiro atoms. The van der Waals surface area contributed by atoms with Crippen molar-refractivity contribution in [2.75, 3.05) is 19.8 Å². The van der Waals surface area contributed by atoms with E-state index in [-0.39, 0.29) is 17.7 Å². The minimum absolute atomic E-state index is 0.00338. The van der Waals surface area contributed by atoms with Crippen LogP contribution in [0.4, 0.5) is 0 Å². The molecule has 1 N–H and O–H groups in total. The van der Waals surface area contributed by atoms with Crippen LogP contribution in [-0.2, 0) is 16.0 Å². The number of hydrogen-bond donors (Lipinski definition) is 1. The first-order valence-electron chi connectivity index (χ1n) is 6.02. The monoisotopic (exact) mass is 254 g/mol. The molecule has 1 aromatic rings. The average Bonchev–Trinajstić information content (AvgIpc) is 2.96. The Morgan fingerprint density at radius 2 is 2.53 bits per heavy atom. The van der Waals surface area contributed by atoms with Crippen molar-refractivity contribution >= 4 is 17.1 Å². The number of Topliss-reactive ketones (excluding diaryl/α,β-unsaturated/α-hetero) is 1. The van der Waals surface area contributed by atoms with E-state index < -0.39 is 0 Å². The summed E-state index contributed by atoms with van der Waals surface area (Å²) in [5.41, 5.74) is 1.76. The molecule has 0 aromatic carbocycles. The number of carbonyl (C=O) groups excluding carboxylic acids is 1. The predicted octanol–water partition coefficient (Wildman–Crippen LogP) is 1.27. The number of nitrogens with zero attached hydrogens (tertiary/aromatic N) is 1. The van der Waals surface area contributed by atoms with Crippen LogP contribution in [0.2, 0.25) is 0 Å². The fraction of sp³-hybridized carbons (Fsp3) is 0.667. The zero-order valence-electron chi connectivity index (χ0n) is 10.0. The second kappa shape index (κ2) is 6.23. The van der Waals surface area contributed by atoms with Crippen LogP contribution < -0.4 is 5.32 Å². The molecule has 2 unspecified atom stereocenters. The lowest BCUT2D eigenvalue weighted by Crippen LogP contribution is -2.40. The SMILES string of the molecule is CCCNC1COCC1C(=O)Cc1cncs1. The van der Waals surface area contributed by atoms with Gasteiger partial charge in [0.2, 0.25) is 0 Å². The average molecular weight is 254 g/mol. The molecule has 0 aliphatic carbocycles. The summed E-state index contributed by atoms with van der Waals surface area (Å²) in [4.78, 5) is 17.2. The third-order valence-corrected chi connectivity index (χ3v) is 3.76. The lowest BCUT2D eigenvalue weighted by molar-refractivity contribution is -0.122. The van der Waals surface area contributed by atoms with Crippen molar-refractivity contribution in [3.8, 4) is 0 Å². The highest BCUT2D eigenvalue weighted by Crippen LogP contribution is 2.18. The van der Waals surface area contributed by atoms with Gasteiger partial charge in [-0.05, 0) is 13.0 Å². The minimum atomic E-state index is 0.00338. The van der Waals surface area contributed by atoms with Gasteiger partial charge in [0, 0.05) is 23.5 Å². The van der Waals surface area contributed by atoms with E-state index in [0.717, 1.165) is 17.8 Å². The normalized spacial score (nSPS) is 24.1. The molecule has 1 aromatic heterocycles. The van der Waals surface area contributed by atoms with Gasteiger partial charge in [-0.25, -0.2) is 0 Å². The Labute approximate surface area is 105 Å². The van der Waals surface area contributed by atoms with E-state index in [1.807, 2.05) is 0 Å². The van der Waals surface area contributed by atoms with Gasteiger partial charge in [-0.2, -0.15) is 0 Å². The Morgan fingerprint density at radius 3 is 3.24 bits per heavy atom. The Hall–Kier alpha value is -0.780. The molecule has 1 aliphatic heterocycles. The van der Waals surface area contributed by atoms with Gasteiger partial charge in [0.25, 0.3) is 0 Å². The number of rotatable bonds is 6. The summed E-state index contributed by atoms with van der Waals surface area (Å²) in [6, 6.07) is 0.190. The fourth-order valence-corrected chi connectivity index (χ4v) is 2.64.